The monoisotopic (exact) mass is 410 g/mol. The first-order valence-electron chi connectivity index (χ1n) is 8.62. The summed E-state index contributed by atoms with van der Waals surface area (Å²) in [6, 6.07) is 1.58. The van der Waals surface area contributed by atoms with Crippen LogP contribution in [0.2, 0.25) is 0 Å². The number of hydrogen-bond acceptors (Lipinski definition) is 7. The highest BCUT2D eigenvalue weighted by atomic mass is 32.2. The molecule has 0 N–H and O–H groups in total. The molecule has 2 aromatic heterocycles. The van der Waals surface area contributed by atoms with Gasteiger partial charge in [0.1, 0.15) is 4.88 Å². The minimum absolute atomic E-state index is 0.0932. The number of thiazole rings is 1. The lowest BCUT2D eigenvalue weighted by Crippen LogP contribution is -2.17. The number of carbonyl (C=O) groups excluding carboxylic acids is 2. The van der Waals surface area contributed by atoms with Crippen molar-refractivity contribution in [1.82, 2.24) is 9.55 Å². The molecule has 0 amide bonds. The van der Waals surface area contributed by atoms with E-state index in [-0.39, 0.29) is 29.9 Å². The van der Waals surface area contributed by atoms with Crippen LogP contribution in [0.4, 0.5) is 0 Å². The molecule has 1 aliphatic heterocycles. The summed E-state index contributed by atoms with van der Waals surface area (Å²) in [6.07, 6.45) is 0.547. The Kier molecular flexibility index (Phi) is 5.27. The fourth-order valence-corrected chi connectivity index (χ4v) is 6.11. The quantitative estimate of drug-likeness (QED) is 0.555. The topological polar surface area (TPSA) is 95.3 Å². The molecular formula is C18H22N2O5S2. The maximum Gasteiger partial charge on any atom is 0.350 e. The van der Waals surface area contributed by atoms with Gasteiger partial charge in [0.25, 0.3) is 0 Å². The van der Waals surface area contributed by atoms with E-state index in [0.29, 0.717) is 28.2 Å². The van der Waals surface area contributed by atoms with Gasteiger partial charge in [0, 0.05) is 23.0 Å². The molecule has 2 aromatic rings. The predicted molar refractivity (Wildman–Crippen MR) is 102 cm³/mol. The highest BCUT2D eigenvalue weighted by Gasteiger charge is 2.31. The van der Waals surface area contributed by atoms with Gasteiger partial charge in [0.05, 0.1) is 22.2 Å². The van der Waals surface area contributed by atoms with E-state index in [1.165, 1.54) is 11.3 Å². The van der Waals surface area contributed by atoms with E-state index in [9.17, 15) is 18.0 Å². The van der Waals surface area contributed by atoms with Gasteiger partial charge in [-0.25, -0.2) is 18.2 Å². The molecule has 0 aromatic carbocycles. The van der Waals surface area contributed by atoms with Gasteiger partial charge in [-0.1, -0.05) is 0 Å². The van der Waals surface area contributed by atoms with Gasteiger partial charge in [-0.15, -0.1) is 11.3 Å². The van der Waals surface area contributed by atoms with Gasteiger partial charge in [0.2, 0.25) is 5.78 Å². The van der Waals surface area contributed by atoms with E-state index in [0.717, 1.165) is 10.7 Å². The highest BCUT2D eigenvalue weighted by molar-refractivity contribution is 7.91. The molecule has 0 unspecified atom stereocenters. The number of Topliss-reactive ketones (excluding diaryl/α,β-unsaturated/α-hetero) is 1. The van der Waals surface area contributed by atoms with E-state index in [2.05, 4.69) is 4.98 Å². The summed E-state index contributed by atoms with van der Waals surface area (Å²) in [7, 11) is -3.02. The minimum Gasteiger partial charge on any atom is -0.453 e. The zero-order chi connectivity index (χ0) is 19.9. The number of hydrogen-bond donors (Lipinski definition) is 0. The van der Waals surface area contributed by atoms with Crippen molar-refractivity contribution in [3.63, 3.8) is 0 Å². The van der Waals surface area contributed by atoms with Crippen molar-refractivity contribution in [2.75, 3.05) is 18.1 Å². The largest absolute Gasteiger partial charge is 0.453 e. The molecule has 9 heteroatoms. The summed E-state index contributed by atoms with van der Waals surface area (Å²) in [4.78, 5) is 29.3. The zero-order valence-corrected chi connectivity index (χ0v) is 17.4. The Hall–Kier alpha value is -2.00. The highest BCUT2D eigenvalue weighted by Crippen LogP contribution is 2.29. The van der Waals surface area contributed by atoms with Gasteiger partial charge >= 0.3 is 5.97 Å². The third kappa shape index (κ3) is 3.98. The Morgan fingerprint density at radius 1 is 1.30 bits per heavy atom. The van der Waals surface area contributed by atoms with E-state index < -0.39 is 15.8 Å². The van der Waals surface area contributed by atoms with E-state index in [1.807, 2.05) is 11.5 Å². The molecule has 7 nitrogen and oxygen atoms in total. The second kappa shape index (κ2) is 7.20. The Bertz CT molecular complexity index is 1020. The standard InChI is InChI=1S/C18H22N2O5S2/c1-10-7-15(12(3)20(10)14-5-6-27(23,24)9-14)16(21)8-25-18(22)17-11(2)19-13(4)26-17/h7,14H,5-6,8-9H2,1-4H3/t14-/m1/s1. The number of sulfone groups is 1. The lowest BCUT2D eigenvalue weighted by atomic mass is 10.1. The molecule has 3 heterocycles. The number of aryl methyl sites for hydroxylation is 3. The lowest BCUT2D eigenvalue weighted by Gasteiger charge is -2.16. The van der Waals surface area contributed by atoms with Crippen molar-refractivity contribution in [3.8, 4) is 0 Å². The van der Waals surface area contributed by atoms with Gasteiger partial charge in [-0.05, 0) is 40.2 Å². The fourth-order valence-electron chi connectivity index (χ4n) is 3.60. The minimum atomic E-state index is -3.02. The van der Waals surface area contributed by atoms with Crippen molar-refractivity contribution in [2.45, 2.75) is 40.2 Å². The summed E-state index contributed by atoms with van der Waals surface area (Å²) in [5.41, 5.74) is 2.59. The molecule has 3 rings (SSSR count). The van der Waals surface area contributed by atoms with Gasteiger partial charge in [-0.2, -0.15) is 0 Å². The van der Waals surface area contributed by atoms with Crippen molar-refractivity contribution in [3.05, 3.63) is 38.6 Å². The Labute approximate surface area is 162 Å². The van der Waals surface area contributed by atoms with Crippen molar-refractivity contribution in [2.24, 2.45) is 0 Å². The van der Waals surface area contributed by atoms with Crippen LogP contribution in [0.5, 0.6) is 0 Å². The molecule has 0 saturated carbocycles. The van der Waals surface area contributed by atoms with Crippen LogP contribution in [0, 0.1) is 27.7 Å². The Morgan fingerprint density at radius 3 is 2.56 bits per heavy atom. The predicted octanol–water partition coefficient (Wildman–Crippen LogP) is 2.58. The molecule has 1 saturated heterocycles. The molecule has 0 spiro atoms. The van der Waals surface area contributed by atoms with E-state index in [4.69, 9.17) is 4.74 Å². The van der Waals surface area contributed by atoms with Gasteiger partial charge in [-0.3, -0.25) is 4.79 Å². The Morgan fingerprint density at radius 2 is 2.00 bits per heavy atom. The normalized spacial score (nSPS) is 18.6. The molecule has 146 valence electrons. The first kappa shape index (κ1) is 19.8. The molecule has 0 radical (unpaired) electrons. The lowest BCUT2D eigenvalue weighted by molar-refractivity contribution is 0.0478. The second-order valence-electron chi connectivity index (χ2n) is 6.86. The molecule has 27 heavy (non-hydrogen) atoms. The maximum absolute atomic E-state index is 12.6. The summed E-state index contributed by atoms with van der Waals surface area (Å²) in [6.45, 7) is 6.82. The van der Waals surface area contributed by atoms with Crippen LogP contribution in [0.15, 0.2) is 6.07 Å². The molecule has 1 fully saturated rings. The van der Waals surface area contributed by atoms with Crippen molar-refractivity contribution >= 4 is 32.9 Å². The van der Waals surface area contributed by atoms with Gasteiger partial charge in [0.15, 0.2) is 16.4 Å². The van der Waals surface area contributed by atoms with E-state index >= 15 is 0 Å². The summed E-state index contributed by atoms with van der Waals surface area (Å²) in [5.74, 6) is -0.594. The van der Waals surface area contributed by atoms with Crippen LogP contribution in [-0.2, 0) is 14.6 Å². The number of esters is 1. The number of nitrogens with zero attached hydrogens (tertiary/aromatic N) is 2. The first-order valence-corrected chi connectivity index (χ1v) is 11.3. The van der Waals surface area contributed by atoms with Crippen LogP contribution in [0.25, 0.3) is 0 Å². The van der Waals surface area contributed by atoms with Crippen LogP contribution in [0.1, 0.15) is 54.6 Å². The first-order chi connectivity index (χ1) is 12.6. The molecular weight excluding hydrogens is 388 g/mol. The zero-order valence-electron chi connectivity index (χ0n) is 15.7. The van der Waals surface area contributed by atoms with Crippen LogP contribution >= 0.6 is 11.3 Å². The summed E-state index contributed by atoms with van der Waals surface area (Å²) < 4.78 is 30.6. The van der Waals surface area contributed by atoms with Crippen molar-refractivity contribution in [1.29, 1.82) is 0 Å². The van der Waals surface area contributed by atoms with Crippen molar-refractivity contribution < 1.29 is 22.7 Å². The number of ketones is 1. The molecule has 0 aliphatic carbocycles. The number of rotatable bonds is 5. The number of ether oxygens (including phenoxy) is 1. The Balaban J connectivity index is 1.73. The maximum atomic E-state index is 12.6. The van der Waals surface area contributed by atoms with Crippen LogP contribution < -0.4 is 0 Å². The summed E-state index contributed by atoms with van der Waals surface area (Å²) >= 11 is 1.24. The van der Waals surface area contributed by atoms with Crippen LogP contribution in [-0.4, -0.2) is 47.8 Å². The third-order valence-corrected chi connectivity index (χ3v) is 7.58. The molecule has 1 aliphatic rings. The van der Waals surface area contributed by atoms with E-state index in [1.54, 1.807) is 26.8 Å². The molecule has 1 atom stereocenters. The number of aromatic nitrogens is 2. The fraction of sp³-hybridized carbons (Fsp3) is 0.500. The summed E-state index contributed by atoms with van der Waals surface area (Å²) in [5, 5.41) is 0.765. The average molecular weight is 411 g/mol. The average Bonchev–Trinajstić information content (AvgIpc) is 3.20. The smallest absolute Gasteiger partial charge is 0.350 e. The van der Waals surface area contributed by atoms with Crippen LogP contribution in [0.3, 0.4) is 0 Å². The third-order valence-electron chi connectivity index (χ3n) is 4.78. The SMILES string of the molecule is Cc1nc(C)c(C(=O)OCC(=O)c2cc(C)n([C@@H]3CCS(=O)(=O)C3)c2C)s1. The molecule has 0 bridgehead atoms. The second-order valence-corrected chi connectivity index (χ2v) is 10.3. The van der Waals surface area contributed by atoms with Gasteiger partial charge < -0.3 is 9.30 Å². The number of carbonyl (C=O) groups is 2.